The topological polar surface area (TPSA) is 4.93 Å². The van der Waals surface area contributed by atoms with Crippen molar-refractivity contribution in [1.29, 1.82) is 0 Å². The van der Waals surface area contributed by atoms with E-state index in [4.69, 9.17) is 0 Å². The van der Waals surface area contributed by atoms with Crippen molar-refractivity contribution in [1.82, 2.24) is 4.57 Å². The summed E-state index contributed by atoms with van der Waals surface area (Å²) in [6, 6.07) is 61.8. The van der Waals surface area contributed by atoms with Crippen LogP contribution in [0.4, 0.5) is 0 Å². The van der Waals surface area contributed by atoms with E-state index in [1.807, 2.05) is 0 Å². The molecule has 5 aliphatic carbocycles. The van der Waals surface area contributed by atoms with Gasteiger partial charge in [0, 0.05) is 21.9 Å². The van der Waals surface area contributed by atoms with Gasteiger partial charge in [-0.05, 0) is 154 Å². The van der Waals surface area contributed by atoms with Crippen LogP contribution in [-0.2, 0) is 5.41 Å². The first-order chi connectivity index (χ1) is 26.2. The Hall–Kier alpha value is -5.66. The van der Waals surface area contributed by atoms with Gasteiger partial charge < -0.3 is 4.57 Å². The lowest BCUT2D eigenvalue weighted by Gasteiger charge is -2.61. The van der Waals surface area contributed by atoms with Gasteiger partial charge in [0.05, 0.1) is 11.0 Å². The van der Waals surface area contributed by atoms with Gasteiger partial charge in [-0.3, -0.25) is 0 Å². The summed E-state index contributed by atoms with van der Waals surface area (Å²) >= 11 is 0. The molecule has 8 aromatic rings. The van der Waals surface area contributed by atoms with Crippen LogP contribution >= 0.6 is 0 Å². The molecule has 0 radical (unpaired) electrons. The van der Waals surface area contributed by atoms with E-state index < -0.39 is 0 Å². The first-order valence-electron chi connectivity index (χ1n) is 19.8. The summed E-state index contributed by atoms with van der Waals surface area (Å²) in [6.45, 7) is 0. The molecule has 0 saturated heterocycles. The SMILES string of the molecule is c1ccc(-c2cc(-c3ccccc3)cc(-n3c4ccccc4c4cc(-c5ccc6c(c5)-c5ccccc5C65C6CC7CC(C6)CC5C7)ccc43)c2)cc1. The van der Waals surface area contributed by atoms with E-state index in [1.165, 1.54) is 104 Å². The molecular weight excluding hydrogens is 639 g/mol. The van der Waals surface area contributed by atoms with E-state index in [9.17, 15) is 0 Å². The molecule has 254 valence electrons. The molecule has 13 rings (SSSR count). The molecule has 4 fully saturated rings. The smallest absolute Gasteiger partial charge is 0.0541 e. The molecule has 53 heavy (non-hydrogen) atoms. The Morgan fingerprint density at radius 1 is 0.377 bits per heavy atom. The predicted octanol–water partition coefficient (Wildman–Crippen LogP) is 13.5. The molecule has 7 aromatic carbocycles. The van der Waals surface area contributed by atoms with Gasteiger partial charge in [0.25, 0.3) is 0 Å². The van der Waals surface area contributed by atoms with Crippen LogP contribution in [0.2, 0.25) is 0 Å². The maximum absolute atomic E-state index is 2.56. The summed E-state index contributed by atoms with van der Waals surface area (Å²) in [5, 5.41) is 2.58. The van der Waals surface area contributed by atoms with Gasteiger partial charge in [-0.15, -0.1) is 0 Å². The van der Waals surface area contributed by atoms with Gasteiger partial charge in [0.2, 0.25) is 0 Å². The quantitative estimate of drug-likeness (QED) is 0.174. The summed E-state index contributed by atoms with van der Waals surface area (Å²) < 4.78 is 2.47. The third-order valence-corrected chi connectivity index (χ3v) is 14.0. The number of aromatic nitrogens is 1. The van der Waals surface area contributed by atoms with Crippen LogP contribution in [0.5, 0.6) is 0 Å². The molecule has 0 unspecified atom stereocenters. The Morgan fingerprint density at radius 3 is 1.66 bits per heavy atom. The minimum absolute atomic E-state index is 0.210. The minimum Gasteiger partial charge on any atom is -0.309 e. The Labute approximate surface area is 311 Å². The Balaban J connectivity index is 1.02. The van der Waals surface area contributed by atoms with Crippen LogP contribution in [0.1, 0.15) is 43.2 Å². The molecule has 1 heterocycles. The number of hydrogen-bond acceptors (Lipinski definition) is 0. The zero-order valence-corrected chi connectivity index (χ0v) is 29.9. The second-order valence-electron chi connectivity index (χ2n) is 16.6. The Bertz CT molecular complexity index is 2650. The fourth-order valence-corrected chi connectivity index (χ4v) is 12.1. The van der Waals surface area contributed by atoms with Crippen molar-refractivity contribution in [2.45, 2.75) is 37.5 Å². The number of fused-ring (bicyclic) bond motifs is 6. The first-order valence-corrected chi connectivity index (χ1v) is 19.8. The summed E-state index contributed by atoms with van der Waals surface area (Å²) in [4.78, 5) is 0. The summed E-state index contributed by atoms with van der Waals surface area (Å²) in [6.07, 6.45) is 7.17. The van der Waals surface area contributed by atoms with Crippen LogP contribution in [-0.4, -0.2) is 4.57 Å². The molecule has 1 heteroatoms. The van der Waals surface area contributed by atoms with Crippen molar-refractivity contribution in [2.24, 2.45) is 23.7 Å². The second kappa shape index (κ2) is 11.2. The number of para-hydroxylation sites is 1. The van der Waals surface area contributed by atoms with Crippen molar-refractivity contribution in [3.05, 3.63) is 175 Å². The van der Waals surface area contributed by atoms with E-state index in [0.29, 0.717) is 0 Å². The normalized spacial score (nSPS) is 23.5. The lowest BCUT2D eigenvalue weighted by molar-refractivity contribution is -0.0399. The highest BCUT2D eigenvalue weighted by molar-refractivity contribution is 6.10. The van der Waals surface area contributed by atoms with Gasteiger partial charge in [-0.1, -0.05) is 121 Å². The third-order valence-electron chi connectivity index (χ3n) is 14.0. The van der Waals surface area contributed by atoms with Crippen LogP contribution in [0, 0.1) is 23.7 Å². The molecule has 5 aliphatic rings. The fourth-order valence-electron chi connectivity index (χ4n) is 12.1. The first kappa shape index (κ1) is 29.9. The molecule has 0 atom stereocenters. The highest BCUT2D eigenvalue weighted by Crippen LogP contribution is 2.69. The van der Waals surface area contributed by atoms with Crippen molar-refractivity contribution in [3.63, 3.8) is 0 Å². The number of benzene rings is 7. The van der Waals surface area contributed by atoms with E-state index in [-0.39, 0.29) is 5.41 Å². The zero-order chi connectivity index (χ0) is 34.7. The molecule has 4 bridgehead atoms. The summed E-state index contributed by atoms with van der Waals surface area (Å²) in [7, 11) is 0. The highest BCUT2D eigenvalue weighted by Gasteiger charge is 2.61. The molecule has 0 amide bonds. The lowest BCUT2D eigenvalue weighted by Crippen LogP contribution is -2.55. The largest absolute Gasteiger partial charge is 0.309 e. The van der Waals surface area contributed by atoms with Gasteiger partial charge in [0.1, 0.15) is 0 Å². The van der Waals surface area contributed by atoms with Crippen LogP contribution in [0.3, 0.4) is 0 Å². The standard InChI is InChI=1S/C52H41N/c1-3-11-35(12-4-1)39-28-40(36-13-5-2-6-14-36)30-43(29-39)53-50-18-10-8-16-45(50)47-32-38(20-22-51(47)53)37-19-21-49-46(31-37)44-15-7-9-17-48(44)52(49)41-24-33-23-34(26-41)27-42(52)25-33/h1-22,28-34,41-42H,23-27H2. The van der Waals surface area contributed by atoms with E-state index in [0.717, 1.165) is 23.7 Å². The fraction of sp³-hybridized carbons (Fsp3) is 0.192. The average Bonchev–Trinajstić information content (AvgIpc) is 3.70. The van der Waals surface area contributed by atoms with Gasteiger partial charge in [0.15, 0.2) is 0 Å². The average molecular weight is 680 g/mol. The maximum atomic E-state index is 2.56. The Morgan fingerprint density at radius 2 is 0.943 bits per heavy atom. The van der Waals surface area contributed by atoms with Crippen molar-refractivity contribution >= 4 is 21.8 Å². The van der Waals surface area contributed by atoms with Gasteiger partial charge in [-0.25, -0.2) is 0 Å². The van der Waals surface area contributed by atoms with Crippen molar-refractivity contribution < 1.29 is 0 Å². The van der Waals surface area contributed by atoms with E-state index in [1.54, 1.807) is 11.1 Å². The second-order valence-corrected chi connectivity index (χ2v) is 16.6. The van der Waals surface area contributed by atoms with Crippen molar-refractivity contribution in [2.75, 3.05) is 0 Å². The summed E-state index contributed by atoms with van der Waals surface area (Å²) in [5.74, 6) is 3.49. The van der Waals surface area contributed by atoms with Crippen LogP contribution in [0.25, 0.3) is 72.0 Å². The van der Waals surface area contributed by atoms with E-state index >= 15 is 0 Å². The Kier molecular flexibility index (Phi) is 6.30. The molecule has 1 nitrogen and oxygen atoms in total. The molecule has 0 N–H and O–H groups in total. The molecule has 1 aromatic heterocycles. The zero-order valence-electron chi connectivity index (χ0n) is 29.9. The van der Waals surface area contributed by atoms with Crippen LogP contribution < -0.4 is 0 Å². The lowest BCUT2D eigenvalue weighted by atomic mass is 9.43. The third kappa shape index (κ3) is 4.25. The number of rotatable bonds is 4. The molecule has 0 aliphatic heterocycles. The van der Waals surface area contributed by atoms with Gasteiger partial charge in [-0.2, -0.15) is 0 Å². The predicted molar refractivity (Wildman–Crippen MR) is 220 cm³/mol. The van der Waals surface area contributed by atoms with Crippen molar-refractivity contribution in [3.8, 4) is 50.2 Å². The molecular formula is C52H41N. The number of nitrogens with zero attached hydrogens (tertiary/aromatic N) is 1. The van der Waals surface area contributed by atoms with E-state index in [2.05, 4.69) is 168 Å². The van der Waals surface area contributed by atoms with Crippen LogP contribution in [0.15, 0.2) is 164 Å². The monoisotopic (exact) mass is 679 g/mol. The highest BCUT2D eigenvalue weighted by atomic mass is 15.0. The molecule has 1 spiro atoms. The molecule has 4 saturated carbocycles. The summed E-state index contributed by atoms with van der Waals surface area (Å²) in [5.41, 5.74) is 17.6. The number of hydrogen-bond donors (Lipinski definition) is 0. The minimum atomic E-state index is 0.210. The maximum Gasteiger partial charge on any atom is 0.0541 e. The van der Waals surface area contributed by atoms with Gasteiger partial charge >= 0.3 is 0 Å².